The molecule has 23 heavy (non-hydrogen) atoms. The van der Waals surface area contributed by atoms with E-state index in [1.54, 1.807) is 42.5 Å². The molecule has 1 N–H and O–H groups in total. The van der Waals surface area contributed by atoms with Crippen molar-refractivity contribution < 1.29 is 9.21 Å². The quantitative estimate of drug-likeness (QED) is 0.573. The van der Waals surface area contributed by atoms with Crippen molar-refractivity contribution in [3.8, 4) is 0 Å². The fourth-order valence-corrected chi connectivity index (χ4v) is 2.79. The second-order valence-electron chi connectivity index (χ2n) is 4.93. The van der Waals surface area contributed by atoms with E-state index >= 15 is 0 Å². The first-order valence-corrected chi connectivity index (χ1v) is 7.50. The summed E-state index contributed by atoms with van der Waals surface area (Å²) in [5.74, 6) is -0.239. The summed E-state index contributed by atoms with van der Waals surface area (Å²) in [6, 6.07) is 13.3. The van der Waals surface area contributed by atoms with E-state index in [-0.39, 0.29) is 5.91 Å². The summed E-state index contributed by atoms with van der Waals surface area (Å²) in [5, 5.41) is 3.56. The van der Waals surface area contributed by atoms with E-state index in [0.29, 0.717) is 22.4 Å². The number of hydrogen-bond acceptors (Lipinski definition) is 6. The van der Waals surface area contributed by atoms with Gasteiger partial charge >= 0.3 is 5.63 Å². The number of amides is 1. The van der Waals surface area contributed by atoms with Crippen LogP contribution in [0.4, 0.5) is 5.69 Å². The van der Waals surface area contributed by atoms with Gasteiger partial charge in [-0.25, -0.2) is 4.79 Å². The molecule has 0 saturated heterocycles. The fraction of sp³-hybridized carbons (Fsp3) is 0. The summed E-state index contributed by atoms with van der Waals surface area (Å²) in [4.78, 5) is 23.5. The minimum atomic E-state index is -0.403. The first kappa shape index (κ1) is 13.6. The number of carbonyl (C=O) groups is 1. The van der Waals surface area contributed by atoms with Gasteiger partial charge < -0.3 is 9.73 Å². The minimum absolute atomic E-state index is 0.239. The average molecular weight is 323 g/mol. The molecule has 0 atom stereocenters. The average Bonchev–Trinajstić information content (AvgIpc) is 3.02. The van der Waals surface area contributed by atoms with E-state index in [1.165, 1.54) is 6.07 Å². The van der Waals surface area contributed by atoms with Crippen molar-refractivity contribution in [2.24, 2.45) is 0 Å². The molecule has 0 aliphatic carbocycles. The Labute approximate surface area is 133 Å². The first-order valence-electron chi connectivity index (χ1n) is 6.77. The highest BCUT2D eigenvalue weighted by atomic mass is 32.1. The summed E-state index contributed by atoms with van der Waals surface area (Å²) in [6.45, 7) is 0. The summed E-state index contributed by atoms with van der Waals surface area (Å²) >= 11 is 1.11. The molecule has 0 aliphatic heterocycles. The lowest BCUT2D eigenvalue weighted by atomic mass is 10.1. The van der Waals surface area contributed by atoms with Gasteiger partial charge in [-0.15, -0.1) is 0 Å². The Balaban J connectivity index is 1.64. The predicted octanol–water partition coefficient (Wildman–Crippen LogP) is 3.05. The van der Waals surface area contributed by atoms with Crippen LogP contribution in [0.1, 0.15) is 10.4 Å². The summed E-state index contributed by atoms with van der Waals surface area (Å²) < 4.78 is 13.3. The Morgan fingerprint density at radius 1 is 1.00 bits per heavy atom. The zero-order valence-corrected chi connectivity index (χ0v) is 12.5. The molecule has 2 aromatic carbocycles. The Hall–Kier alpha value is -3.06. The molecule has 0 bridgehead atoms. The SMILES string of the molecule is O=C(Nc1ccc2oc(=O)ccc2c1)c1ccc2nsnc2c1. The third kappa shape index (κ3) is 2.58. The maximum atomic E-state index is 12.3. The van der Waals surface area contributed by atoms with Gasteiger partial charge in [-0.3, -0.25) is 4.79 Å². The summed E-state index contributed by atoms with van der Waals surface area (Å²) in [5.41, 5.74) is 2.66. The number of rotatable bonds is 2. The molecule has 0 fully saturated rings. The molecule has 0 spiro atoms. The van der Waals surface area contributed by atoms with Gasteiger partial charge in [-0.05, 0) is 42.5 Å². The van der Waals surface area contributed by atoms with E-state index in [4.69, 9.17) is 4.42 Å². The van der Waals surface area contributed by atoms with Crippen molar-refractivity contribution in [2.75, 3.05) is 5.32 Å². The Morgan fingerprint density at radius 2 is 1.87 bits per heavy atom. The van der Waals surface area contributed by atoms with Gasteiger partial charge in [0.1, 0.15) is 16.6 Å². The molecule has 4 aromatic rings. The van der Waals surface area contributed by atoms with E-state index in [1.807, 2.05) is 0 Å². The van der Waals surface area contributed by atoms with Crippen molar-refractivity contribution in [1.29, 1.82) is 0 Å². The number of nitrogens with zero attached hydrogens (tertiary/aromatic N) is 2. The number of fused-ring (bicyclic) bond motifs is 2. The van der Waals surface area contributed by atoms with Crippen molar-refractivity contribution in [3.05, 3.63) is 64.5 Å². The monoisotopic (exact) mass is 323 g/mol. The molecule has 112 valence electrons. The number of anilines is 1. The topological polar surface area (TPSA) is 85.1 Å². The largest absolute Gasteiger partial charge is 0.423 e. The third-order valence-electron chi connectivity index (χ3n) is 3.39. The standard InChI is InChI=1S/C16H9N3O3S/c20-15-6-2-9-7-11(3-5-14(9)22-15)17-16(21)10-1-4-12-13(8-10)19-23-18-12/h1-8H,(H,17,21). The zero-order chi connectivity index (χ0) is 15.8. The number of aromatic nitrogens is 2. The van der Waals surface area contributed by atoms with Crippen LogP contribution in [0.25, 0.3) is 22.0 Å². The Bertz CT molecular complexity index is 1100. The van der Waals surface area contributed by atoms with Crippen molar-refractivity contribution in [2.45, 2.75) is 0 Å². The van der Waals surface area contributed by atoms with Gasteiger partial charge in [-0.1, -0.05) is 0 Å². The maximum Gasteiger partial charge on any atom is 0.336 e. The van der Waals surface area contributed by atoms with Gasteiger partial charge in [0.25, 0.3) is 5.91 Å². The molecule has 6 nitrogen and oxygen atoms in total. The van der Waals surface area contributed by atoms with Crippen molar-refractivity contribution >= 4 is 45.3 Å². The van der Waals surface area contributed by atoms with Gasteiger partial charge in [0.05, 0.1) is 11.7 Å². The third-order valence-corrected chi connectivity index (χ3v) is 3.95. The summed E-state index contributed by atoms with van der Waals surface area (Å²) in [7, 11) is 0. The van der Waals surface area contributed by atoms with Crippen LogP contribution in [0.3, 0.4) is 0 Å². The molecule has 0 aliphatic rings. The van der Waals surface area contributed by atoms with Crippen LogP contribution in [-0.2, 0) is 0 Å². The number of carbonyl (C=O) groups excluding carboxylic acids is 1. The van der Waals surface area contributed by atoms with E-state index in [0.717, 1.165) is 22.6 Å². The summed E-state index contributed by atoms with van der Waals surface area (Å²) in [6.07, 6.45) is 0. The molecule has 0 unspecified atom stereocenters. The molecular formula is C16H9N3O3S. The van der Waals surface area contributed by atoms with Crippen LogP contribution in [-0.4, -0.2) is 14.7 Å². The predicted molar refractivity (Wildman–Crippen MR) is 87.9 cm³/mol. The Morgan fingerprint density at radius 3 is 2.78 bits per heavy atom. The van der Waals surface area contributed by atoms with Gasteiger partial charge in [0.15, 0.2) is 0 Å². The molecule has 4 rings (SSSR count). The minimum Gasteiger partial charge on any atom is -0.423 e. The second kappa shape index (κ2) is 5.29. The van der Waals surface area contributed by atoms with Gasteiger partial charge in [-0.2, -0.15) is 8.75 Å². The highest BCUT2D eigenvalue weighted by Gasteiger charge is 2.09. The molecule has 2 heterocycles. The van der Waals surface area contributed by atoms with Crippen LogP contribution in [0.5, 0.6) is 0 Å². The van der Waals surface area contributed by atoms with E-state index < -0.39 is 5.63 Å². The lowest BCUT2D eigenvalue weighted by molar-refractivity contribution is 0.102. The van der Waals surface area contributed by atoms with Crippen LogP contribution in [0.15, 0.2) is 57.7 Å². The lowest BCUT2D eigenvalue weighted by Crippen LogP contribution is -2.11. The molecule has 7 heteroatoms. The number of hydrogen-bond donors (Lipinski definition) is 1. The van der Waals surface area contributed by atoms with Crippen LogP contribution in [0.2, 0.25) is 0 Å². The van der Waals surface area contributed by atoms with Crippen LogP contribution < -0.4 is 10.9 Å². The molecule has 0 radical (unpaired) electrons. The Kier molecular flexibility index (Phi) is 3.13. The highest BCUT2D eigenvalue weighted by molar-refractivity contribution is 7.00. The van der Waals surface area contributed by atoms with Crippen LogP contribution in [0, 0.1) is 0 Å². The molecule has 1 amide bonds. The lowest BCUT2D eigenvalue weighted by Gasteiger charge is -2.06. The van der Waals surface area contributed by atoms with Crippen molar-refractivity contribution in [1.82, 2.24) is 8.75 Å². The first-order chi connectivity index (χ1) is 11.2. The highest BCUT2D eigenvalue weighted by Crippen LogP contribution is 2.19. The van der Waals surface area contributed by atoms with Crippen molar-refractivity contribution in [3.63, 3.8) is 0 Å². The van der Waals surface area contributed by atoms with Gasteiger partial charge in [0.2, 0.25) is 0 Å². The number of benzene rings is 2. The zero-order valence-electron chi connectivity index (χ0n) is 11.6. The van der Waals surface area contributed by atoms with E-state index in [9.17, 15) is 9.59 Å². The fourth-order valence-electron chi connectivity index (χ4n) is 2.28. The molecule has 2 aromatic heterocycles. The van der Waals surface area contributed by atoms with Crippen LogP contribution >= 0.6 is 11.7 Å². The molecule has 0 saturated carbocycles. The normalized spacial score (nSPS) is 11.0. The second-order valence-corrected chi connectivity index (χ2v) is 5.46. The maximum absolute atomic E-state index is 12.3. The smallest absolute Gasteiger partial charge is 0.336 e. The van der Waals surface area contributed by atoms with Gasteiger partial charge in [0, 0.05) is 22.7 Å². The van der Waals surface area contributed by atoms with E-state index in [2.05, 4.69) is 14.1 Å². The number of nitrogens with one attached hydrogen (secondary N) is 1. The molecular weight excluding hydrogens is 314 g/mol.